The Labute approximate surface area is 63.0 Å². The van der Waals surface area contributed by atoms with Gasteiger partial charge in [0.1, 0.15) is 6.61 Å². The third-order valence-electron chi connectivity index (χ3n) is 0.980. The van der Waals surface area contributed by atoms with Gasteiger partial charge in [-0.05, 0) is 0 Å². The Morgan fingerprint density at radius 2 is 2.00 bits per heavy atom. The van der Waals surface area contributed by atoms with Crippen LogP contribution in [0.1, 0.15) is 6.92 Å². The summed E-state index contributed by atoms with van der Waals surface area (Å²) in [5, 5.41) is 8.40. The van der Waals surface area contributed by atoms with E-state index in [0.29, 0.717) is 0 Å². The molecule has 0 aromatic rings. The second-order valence-corrected chi connectivity index (χ2v) is 2.42. The number of ether oxygens (including phenoxy) is 1. The Morgan fingerprint density at radius 1 is 1.45 bits per heavy atom. The molecule has 0 rings (SSSR count). The molecule has 2 nitrogen and oxygen atoms in total. The minimum atomic E-state index is -4.27. The lowest BCUT2D eigenvalue weighted by molar-refractivity contribution is -0.176. The Balaban J connectivity index is 3.28. The van der Waals surface area contributed by atoms with Crippen LogP contribution in [0.15, 0.2) is 0 Å². The number of aliphatic hydroxyl groups excluding tert-OH is 1. The fourth-order valence-corrected chi connectivity index (χ4v) is 0.429. The van der Waals surface area contributed by atoms with Gasteiger partial charge in [-0.1, -0.05) is 6.92 Å². The summed E-state index contributed by atoms with van der Waals surface area (Å²) < 4.78 is 38.5. The summed E-state index contributed by atoms with van der Waals surface area (Å²) in [6.07, 6.45) is -4.27. The highest BCUT2D eigenvalue weighted by Crippen LogP contribution is 2.14. The van der Waals surface area contributed by atoms with Crippen LogP contribution in [0.2, 0.25) is 0 Å². The van der Waals surface area contributed by atoms with E-state index in [4.69, 9.17) is 5.11 Å². The van der Waals surface area contributed by atoms with Gasteiger partial charge in [-0.15, -0.1) is 0 Å². The summed E-state index contributed by atoms with van der Waals surface area (Å²) in [7, 11) is 0. The average molecular weight is 172 g/mol. The molecule has 0 saturated heterocycles. The lowest BCUT2D eigenvalue weighted by Crippen LogP contribution is -2.20. The molecule has 0 aromatic carbocycles. The van der Waals surface area contributed by atoms with Crippen molar-refractivity contribution < 1.29 is 23.0 Å². The van der Waals surface area contributed by atoms with Crippen molar-refractivity contribution in [2.45, 2.75) is 13.1 Å². The first kappa shape index (κ1) is 10.7. The zero-order valence-electron chi connectivity index (χ0n) is 6.19. The van der Waals surface area contributed by atoms with Gasteiger partial charge in [0.25, 0.3) is 0 Å². The average Bonchev–Trinajstić information content (AvgIpc) is 1.85. The number of hydrogen-bond acceptors (Lipinski definition) is 2. The van der Waals surface area contributed by atoms with Crippen LogP contribution in [0.4, 0.5) is 13.2 Å². The molecule has 0 spiro atoms. The Bertz CT molecular complexity index is 102. The van der Waals surface area contributed by atoms with Crippen molar-refractivity contribution in [2.75, 3.05) is 19.8 Å². The summed E-state index contributed by atoms with van der Waals surface area (Å²) in [6, 6.07) is 0. The second-order valence-electron chi connectivity index (χ2n) is 2.42. The first-order chi connectivity index (χ1) is 4.95. The highest BCUT2D eigenvalue weighted by molar-refractivity contribution is 4.50. The molecule has 11 heavy (non-hydrogen) atoms. The standard InChI is InChI=1S/C6H11F3O2/c1-5(2-10)3-11-4-6(7,8)9/h5,10H,2-4H2,1H3. The molecule has 0 radical (unpaired) electrons. The zero-order chi connectivity index (χ0) is 8.91. The van der Waals surface area contributed by atoms with Gasteiger partial charge in [0, 0.05) is 12.5 Å². The maximum absolute atomic E-state index is 11.4. The molecule has 0 fully saturated rings. The number of alkyl halides is 3. The molecule has 0 amide bonds. The smallest absolute Gasteiger partial charge is 0.396 e. The molecule has 0 aliphatic carbocycles. The number of aliphatic hydroxyl groups is 1. The first-order valence-corrected chi connectivity index (χ1v) is 3.21. The van der Waals surface area contributed by atoms with E-state index in [1.165, 1.54) is 0 Å². The van der Waals surface area contributed by atoms with Crippen molar-refractivity contribution in [1.82, 2.24) is 0 Å². The van der Waals surface area contributed by atoms with E-state index in [9.17, 15) is 13.2 Å². The maximum atomic E-state index is 11.4. The predicted molar refractivity (Wildman–Crippen MR) is 33.1 cm³/mol. The highest BCUT2D eigenvalue weighted by Gasteiger charge is 2.27. The van der Waals surface area contributed by atoms with Crippen LogP contribution in [0.25, 0.3) is 0 Å². The molecule has 0 heterocycles. The van der Waals surface area contributed by atoms with Crippen LogP contribution in [-0.4, -0.2) is 31.1 Å². The summed E-state index contributed by atoms with van der Waals surface area (Å²) in [4.78, 5) is 0. The molecule has 0 aliphatic heterocycles. The minimum Gasteiger partial charge on any atom is -0.396 e. The summed E-state index contributed by atoms with van der Waals surface area (Å²) in [6.45, 7) is 0.154. The molecule has 1 N–H and O–H groups in total. The van der Waals surface area contributed by atoms with Gasteiger partial charge < -0.3 is 9.84 Å². The second kappa shape index (κ2) is 4.56. The third kappa shape index (κ3) is 7.61. The van der Waals surface area contributed by atoms with Crippen molar-refractivity contribution in [3.05, 3.63) is 0 Å². The fraction of sp³-hybridized carbons (Fsp3) is 1.00. The predicted octanol–water partition coefficient (Wildman–Crippen LogP) is 1.19. The van der Waals surface area contributed by atoms with Crippen molar-refractivity contribution in [3.8, 4) is 0 Å². The van der Waals surface area contributed by atoms with Gasteiger partial charge in [0.15, 0.2) is 0 Å². The Hall–Kier alpha value is -0.290. The largest absolute Gasteiger partial charge is 0.411 e. The molecule has 0 aromatic heterocycles. The van der Waals surface area contributed by atoms with Crippen LogP contribution in [0.3, 0.4) is 0 Å². The van der Waals surface area contributed by atoms with Crippen molar-refractivity contribution >= 4 is 0 Å². The van der Waals surface area contributed by atoms with Gasteiger partial charge in [0.05, 0.1) is 6.61 Å². The van der Waals surface area contributed by atoms with E-state index in [1.54, 1.807) is 6.92 Å². The van der Waals surface area contributed by atoms with E-state index in [0.717, 1.165) is 0 Å². The third-order valence-corrected chi connectivity index (χ3v) is 0.980. The lowest BCUT2D eigenvalue weighted by Gasteiger charge is -2.10. The molecule has 68 valence electrons. The topological polar surface area (TPSA) is 29.5 Å². The SMILES string of the molecule is CC(CO)COCC(F)(F)F. The van der Waals surface area contributed by atoms with Crippen molar-refractivity contribution in [3.63, 3.8) is 0 Å². The molecular formula is C6H11F3O2. The zero-order valence-corrected chi connectivity index (χ0v) is 6.19. The molecular weight excluding hydrogens is 161 g/mol. The number of halogens is 3. The van der Waals surface area contributed by atoms with Crippen molar-refractivity contribution in [2.24, 2.45) is 5.92 Å². The van der Waals surface area contributed by atoms with E-state index < -0.39 is 12.8 Å². The van der Waals surface area contributed by atoms with E-state index in [-0.39, 0.29) is 19.1 Å². The van der Waals surface area contributed by atoms with Crippen molar-refractivity contribution in [1.29, 1.82) is 0 Å². The normalized spacial score (nSPS) is 15.0. The van der Waals surface area contributed by atoms with Crippen LogP contribution in [-0.2, 0) is 4.74 Å². The summed E-state index contributed by atoms with van der Waals surface area (Å²) >= 11 is 0. The van der Waals surface area contributed by atoms with E-state index >= 15 is 0 Å². The minimum absolute atomic E-state index is 0.0595. The molecule has 0 aliphatic rings. The molecule has 1 unspecified atom stereocenters. The van der Waals surface area contributed by atoms with Crippen LogP contribution < -0.4 is 0 Å². The maximum Gasteiger partial charge on any atom is 0.411 e. The molecule has 0 saturated carbocycles. The van der Waals surface area contributed by atoms with Crippen LogP contribution in [0.5, 0.6) is 0 Å². The van der Waals surface area contributed by atoms with Gasteiger partial charge in [0.2, 0.25) is 0 Å². The van der Waals surface area contributed by atoms with Crippen LogP contribution >= 0.6 is 0 Å². The Morgan fingerprint density at radius 3 is 2.36 bits per heavy atom. The van der Waals surface area contributed by atoms with Gasteiger partial charge in [-0.3, -0.25) is 0 Å². The number of hydrogen-bond donors (Lipinski definition) is 1. The van der Waals surface area contributed by atoms with Crippen LogP contribution in [0, 0.1) is 5.92 Å². The Kier molecular flexibility index (Phi) is 4.44. The van der Waals surface area contributed by atoms with Gasteiger partial charge >= 0.3 is 6.18 Å². The molecule has 0 bridgehead atoms. The summed E-state index contributed by atoms with van der Waals surface area (Å²) in [5.41, 5.74) is 0. The fourth-order valence-electron chi connectivity index (χ4n) is 0.429. The molecule has 5 heteroatoms. The summed E-state index contributed by atoms with van der Waals surface area (Å²) in [5.74, 6) is -0.239. The quantitative estimate of drug-likeness (QED) is 0.690. The monoisotopic (exact) mass is 172 g/mol. The first-order valence-electron chi connectivity index (χ1n) is 3.21. The number of rotatable bonds is 4. The molecule has 1 atom stereocenters. The lowest BCUT2D eigenvalue weighted by atomic mass is 10.2. The van der Waals surface area contributed by atoms with E-state index in [2.05, 4.69) is 4.74 Å². The van der Waals surface area contributed by atoms with Gasteiger partial charge in [-0.2, -0.15) is 13.2 Å². The van der Waals surface area contributed by atoms with Gasteiger partial charge in [-0.25, -0.2) is 0 Å². The highest BCUT2D eigenvalue weighted by atomic mass is 19.4. The van der Waals surface area contributed by atoms with E-state index in [1.807, 2.05) is 0 Å².